The molecular formula is C18H25N3O2. The first-order valence-corrected chi connectivity index (χ1v) is 8.57. The quantitative estimate of drug-likeness (QED) is 0.844. The second kappa shape index (κ2) is 7.59. The van der Waals surface area contributed by atoms with Crippen LogP contribution in [0.25, 0.3) is 0 Å². The van der Waals surface area contributed by atoms with E-state index in [1.165, 1.54) is 25.8 Å². The van der Waals surface area contributed by atoms with Crippen molar-refractivity contribution in [3.8, 4) is 0 Å². The number of benzene rings is 1. The predicted molar refractivity (Wildman–Crippen MR) is 90.2 cm³/mol. The van der Waals surface area contributed by atoms with Crippen LogP contribution in [0, 0.1) is 0 Å². The van der Waals surface area contributed by atoms with Crippen molar-refractivity contribution < 1.29 is 9.59 Å². The highest BCUT2D eigenvalue weighted by Crippen LogP contribution is 2.21. The summed E-state index contributed by atoms with van der Waals surface area (Å²) < 4.78 is 0. The summed E-state index contributed by atoms with van der Waals surface area (Å²) in [5.41, 5.74) is 1.91. The Hall–Kier alpha value is -1.88. The summed E-state index contributed by atoms with van der Waals surface area (Å²) in [6.07, 6.45) is 5.82. The highest BCUT2D eigenvalue weighted by molar-refractivity contribution is 5.76. The minimum Gasteiger partial charge on any atom is -0.340 e. The fourth-order valence-electron chi connectivity index (χ4n) is 3.63. The number of rotatable bonds is 5. The Morgan fingerprint density at radius 2 is 2.00 bits per heavy atom. The van der Waals surface area contributed by atoms with E-state index in [1.54, 1.807) is 0 Å². The number of nitrogens with one attached hydrogen (secondary N) is 1. The van der Waals surface area contributed by atoms with E-state index >= 15 is 0 Å². The molecule has 0 bridgehead atoms. The van der Waals surface area contributed by atoms with Crippen molar-refractivity contribution >= 4 is 18.0 Å². The van der Waals surface area contributed by atoms with Gasteiger partial charge in [0, 0.05) is 37.8 Å². The van der Waals surface area contributed by atoms with Crippen molar-refractivity contribution in [2.75, 3.05) is 31.5 Å². The summed E-state index contributed by atoms with van der Waals surface area (Å²) in [6.45, 7) is 4.01. The van der Waals surface area contributed by atoms with E-state index < -0.39 is 0 Å². The van der Waals surface area contributed by atoms with Crippen molar-refractivity contribution in [2.45, 2.75) is 38.1 Å². The number of fused-ring (bicyclic) bond motifs is 1. The molecule has 1 aromatic rings. The molecule has 1 unspecified atom stereocenters. The first-order chi connectivity index (χ1) is 11.3. The van der Waals surface area contributed by atoms with Crippen molar-refractivity contribution in [2.24, 2.45) is 0 Å². The average molecular weight is 315 g/mol. The molecule has 0 spiro atoms. The van der Waals surface area contributed by atoms with Crippen LogP contribution in [-0.4, -0.2) is 54.3 Å². The molecule has 124 valence electrons. The van der Waals surface area contributed by atoms with E-state index in [1.807, 2.05) is 24.3 Å². The predicted octanol–water partition coefficient (Wildman–Crippen LogP) is 1.88. The summed E-state index contributed by atoms with van der Waals surface area (Å²) >= 11 is 0. The zero-order valence-electron chi connectivity index (χ0n) is 13.5. The number of piperazine rings is 1. The number of aryl methyl sites for hydroxylation is 1. The molecule has 0 aromatic heterocycles. The fraction of sp³-hybridized carbons (Fsp3) is 0.556. The molecule has 2 saturated heterocycles. The van der Waals surface area contributed by atoms with Crippen LogP contribution in [0.2, 0.25) is 0 Å². The number of hydrogen-bond acceptors (Lipinski definition) is 3. The first kappa shape index (κ1) is 16.0. The standard InChI is InChI=1S/C18H25N3O2/c22-14-19-16-7-4-15(5-8-16)6-9-18(23)21-12-11-20-10-2-1-3-17(20)13-21/h4-5,7-8,14,17H,1-3,6,9-13H2,(H,19,22). The first-order valence-electron chi connectivity index (χ1n) is 8.57. The molecule has 2 amide bonds. The third kappa shape index (κ3) is 4.10. The third-order valence-electron chi connectivity index (χ3n) is 5.00. The van der Waals surface area contributed by atoms with Crippen LogP contribution in [0.1, 0.15) is 31.2 Å². The smallest absolute Gasteiger partial charge is 0.222 e. The number of nitrogens with zero attached hydrogens (tertiary/aromatic N) is 2. The number of hydrogen-bond donors (Lipinski definition) is 1. The molecule has 0 saturated carbocycles. The lowest BCUT2D eigenvalue weighted by Gasteiger charge is -2.44. The van der Waals surface area contributed by atoms with E-state index in [0.717, 1.165) is 37.3 Å². The summed E-state index contributed by atoms with van der Waals surface area (Å²) in [7, 11) is 0. The van der Waals surface area contributed by atoms with Gasteiger partial charge < -0.3 is 10.2 Å². The lowest BCUT2D eigenvalue weighted by atomic mass is 9.99. The maximum absolute atomic E-state index is 12.5. The Morgan fingerprint density at radius 1 is 1.17 bits per heavy atom. The van der Waals surface area contributed by atoms with Crippen molar-refractivity contribution in [1.29, 1.82) is 0 Å². The number of carbonyl (C=O) groups excluding carboxylic acids is 2. The average Bonchev–Trinajstić information content (AvgIpc) is 2.60. The molecule has 1 aromatic carbocycles. The van der Waals surface area contributed by atoms with Crippen molar-refractivity contribution in [3.05, 3.63) is 29.8 Å². The van der Waals surface area contributed by atoms with E-state index in [-0.39, 0.29) is 5.91 Å². The van der Waals surface area contributed by atoms with Gasteiger partial charge in [-0.25, -0.2) is 0 Å². The molecule has 0 radical (unpaired) electrons. The Morgan fingerprint density at radius 3 is 2.78 bits per heavy atom. The van der Waals surface area contributed by atoms with Gasteiger partial charge in [0.15, 0.2) is 0 Å². The number of amides is 2. The van der Waals surface area contributed by atoms with Gasteiger partial charge in [0.2, 0.25) is 12.3 Å². The van der Waals surface area contributed by atoms with Crippen LogP contribution in [0.15, 0.2) is 24.3 Å². The van der Waals surface area contributed by atoms with Crippen LogP contribution in [-0.2, 0) is 16.0 Å². The zero-order chi connectivity index (χ0) is 16.1. The van der Waals surface area contributed by atoms with Crippen LogP contribution >= 0.6 is 0 Å². The topological polar surface area (TPSA) is 52.7 Å². The summed E-state index contributed by atoms with van der Waals surface area (Å²) in [5, 5.41) is 2.62. The summed E-state index contributed by atoms with van der Waals surface area (Å²) in [6, 6.07) is 8.26. The molecule has 23 heavy (non-hydrogen) atoms. The molecule has 0 aliphatic carbocycles. The number of carbonyl (C=O) groups is 2. The molecule has 5 heteroatoms. The van der Waals surface area contributed by atoms with E-state index in [0.29, 0.717) is 18.9 Å². The molecule has 2 fully saturated rings. The van der Waals surface area contributed by atoms with E-state index in [4.69, 9.17) is 0 Å². The molecule has 3 rings (SSSR count). The summed E-state index contributed by atoms with van der Waals surface area (Å²) in [4.78, 5) is 27.4. The third-order valence-corrected chi connectivity index (χ3v) is 5.00. The lowest BCUT2D eigenvalue weighted by molar-refractivity contribution is -0.134. The minimum absolute atomic E-state index is 0.269. The lowest BCUT2D eigenvalue weighted by Crippen LogP contribution is -2.56. The van der Waals surface area contributed by atoms with Gasteiger partial charge in [0.05, 0.1) is 0 Å². The van der Waals surface area contributed by atoms with Crippen molar-refractivity contribution in [3.63, 3.8) is 0 Å². The fourth-order valence-corrected chi connectivity index (χ4v) is 3.63. The maximum Gasteiger partial charge on any atom is 0.222 e. The van der Waals surface area contributed by atoms with Crippen LogP contribution in [0.4, 0.5) is 5.69 Å². The molecule has 2 aliphatic heterocycles. The van der Waals surface area contributed by atoms with Crippen molar-refractivity contribution in [1.82, 2.24) is 9.80 Å². The Bertz CT molecular complexity index is 544. The summed E-state index contributed by atoms with van der Waals surface area (Å²) in [5.74, 6) is 0.269. The normalized spacial score (nSPS) is 21.6. The Kier molecular flexibility index (Phi) is 5.28. The molecule has 2 aliphatic rings. The van der Waals surface area contributed by atoms with Crippen LogP contribution < -0.4 is 5.32 Å². The number of piperidine rings is 1. The number of anilines is 1. The SMILES string of the molecule is O=CNc1ccc(CCC(=O)N2CCN3CCCCC3C2)cc1. The van der Waals surface area contributed by atoms with Gasteiger partial charge in [-0.05, 0) is 43.5 Å². The van der Waals surface area contributed by atoms with Gasteiger partial charge in [0.25, 0.3) is 0 Å². The monoisotopic (exact) mass is 315 g/mol. The van der Waals surface area contributed by atoms with Gasteiger partial charge in [0.1, 0.15) is 0 Å². The Balaban J connectivity index is 1.48. The van der Waals surface area contributed by atoms with Gasteiger partial charge >= 0.3 is 0 Å². The highest BCUT2D eigenvalue weighted by Gasteiger charge is 2.30. The van der Waals surface area contributed by atoms with Crippen LogP contribution in [0.5, 0.6) is 0 Å². The molecule has 5 nitrogen and oxygen atoms in total. The second-order valence-corrected chi connectivity index (χ2v) is 6.48. The second-order valence-electron chi connectivity index (χ2n) is 6.48. The van der Waals surface area contributed by atoms with Gasteiger partial charge in [-0.2, -0.15) is 0 Å². The largest absolute Gasteiger partial charge is 0.340 e. The molecular weight excluding hydrogens is 290 g/mol. The Labute approximate surface area is 137 Å². The van der Waals surface area contributed by atoms with E-state index in [2.05, 4.69) is 15.1 Å². The zero-order valence-corrected chi connectivity index (χ0v) is 13.5. The molecule has 2 heterocycles. The highest BCUT2D eigenvalue weighted by atomic mass is 16.2. The molecule has 1 N–H and O–H groups in total. The maximum atomic E-state index is 12.5. The van der Waals surface area contributed by atoms with Crippen LogP contribution in [0.3, 0.4) is 0 Å². The van der Waals surface area contributed by atoms with Gasteiger partial charge in [-0.3, -0.25) is 14.5 Å². The van der Waals surface area contributed by atoms with E-state index in [9.17, 15) is 9.59 Å². The van der Waals surface area contributed by atoms with Gasteiger partial charge in [-0.1, -0.05) is 18.6 Å². The minimum atomic E-state index is 0.269. The molecule has 1 atom stereocenters. The van der Waals surface area contributed by atoms with Gasteiger partial charge in [-0.15, -0.1) is 0 Å².